The van der Waals surface area contributed by atoms with Crippen molar-refractivity contribution >= 4 is 29.1 Å². The molecule has 0 radical (unpaired) electrons. The van der Waals surface area contributed by atoms with Gasteiger partial charge < -0.3 is 10.2 Å². The number of carbonyl (C=O) groups is 1. The highest BCUT2D eigenvalue weighted by Gasteiger charge is 2.24. The molecular weight excluding hydrogens is 283 g/mol. The lowest BCUT2D eigenvalue weighted by Crippen LogP contribution is -2.38. The van der Waals surface area contributed by atoms with Crippen molar-refractivity contribution in [2.75, 3.05) is 20.1 Å². The van der Waals surface area contributed by atoms with Gasteiger partial charge in [-0.3, -0.25) is 4.79 Å². The lowest BCUT2D eigenvalue weighted by atomic mass is 9.96. The van der Waals surface area contributed by atoms with E-state index in [2.05, 4.69) is 5.32 Å². The van der Waals surface area contributed by atoms with E-state index in [1.807, 2.05) is 13.1 Å². The summed E-state index contributed by atoms with van der Waals surface area (Å²) in [5.41, 5.74) is 0.927. The van der Waals surface area contributed by atoms with Crippen LogP contribution in [0.2, 0.25) is 10.0 Å². The highest BCUT2D eigenvalue weighted by molar-refractivity contribution is 6.35. The van der Waals surface area contributed by atoms with Crippen molar-refractivity contribution in [3.63, 3.8) is 0 Å². The van der Waals surface area contributed by atoms with Crippen LogP contribution in [0, 0.1) is 5.92 Å². The molecular formula is C14H18Cl2N2O. The first-order valence-electron chi connectivity index (χ1n) is 6.47. The standard InChI is InChI=1S/C14H18Cl2N2O/c1-18(14(19)10-4-6-17-7-5-10)9-11-2-3-12(15)8-13(11)16/h2-3,8,10,17H,4-7,9H2,1H3. The molecule has 0 bridgehead atoms. The first-order chi connectivity index (χ1) is 9.08. The smallest absolute Gasteiger partial charge is 0.225 e. The minimum atomic E-state index is 0.136. The summed E-state index contributed by atoms with van der Waals surface area (Å²) in [4.78, 5) is 14.1. The van der Waals surface area contributed by atoms with E-state index >= 15 is 0 Å². The third kappa shape index (κ3) is 3.85. The molecule has 1 N–H and O–H groups in total. The molecule has 1 aromatic carbocycles. The summed E-state index contributed by atoms with van der Waals surface area (Å²) in [5, 5.41) is 4.49. The Hall–Kier alpha value is -0.770. The minimum Gasteiger partial charge on any atom is -0.341 e. The van der Waals surface area contributed by atoms with Gasteiger partial charge in [0.05, 0.1) is 0 Å². The number of halogens is 2. The average molecular weight is 301 g/mol. The van der Waals surface area contributed by atoms with Gasteiger partial charge in [0, 0.05) is 29.6 Å². The third-order valence-corrected chi connectivity index (χ3v) is 4.07. The molecule has 1 aliphatic heterocycles. The Bertz CT molecular complexity index is 459. The number of nitrogens with one attached hydrogen (secondary N) is 1. The van der Waals surface area contributed by atoms with Crippen LogP contribution < -0.4 is 5.32 Å². The molecule has 1 saturated heterocycles. The summed E-state index contributed by atoms with van der Waals surface area (Å²) in [6.07, 6.45) is 1.83. The van der Waals surface area contributed by atoms with Crippen molar-refractivity contribution in [1.82, 2.24) is 10.2 Å². The van der Waals surface area contributed by atoms with Crippen LogP contribution in [0.25, 0.3) is 0 Å². The van der Waals surface area contributed by atoms with Gasteiger partial charge in [-0.15, -0.1) is 0 Å². The SMILES string of the molecule is CN(Cc1ccc(Cl)cc1Cl)C(=O)C1CCNCC1. The van der Waals surface area contributed by atoms with Crippen LogP contribution in [0.15, 0.2) is 18.2 Å². The summed E-state index contributed by atoms with van der Waals surface area (Å²) in [7, 11) is 1.83. The van der Waals surface area contributed by atoms with Crippen molar-refractivity contribution in [2.45, 2.75) is 19.4 Å². The van der Waals surface area contributed by atoms with E-state index in [1.165, 1.54) is 0 Å². The quantitative estimate of drug-likeness (QED) is 0.931. The Balaban J connectivity index is 1.99. The molecule has 3 nitrogen and oxygen atoms in total. The number of nitrogens with zero attached hydrogens (tertiary/aromatic N) is 1. The maximum atomic E-state index is 12.3. The third-order valence-electron chi connectivity index (χ3n) is 3.49. The molecule has 0 aliphatic carbocycles. The van der Waals surface area contributed by atoms with Crippen LogP contribution in [0.5, 0.6) is 0 Å². The van der Waals surface area contributed by atoms with Gasteiger partial charge in [0.25, 0.3) is 0 Å². The minimum absolute atomic E-state index is 0.136. The number of amides is 1. The Morgan fingerprint density at radius 1 is 1.37 bits per heavy atom. The molecule has 1 fully saturated rings. The Labute approximate surface area is 123 Å². The second kappa shape index (κ2) is 6.60. The van der Waals surface area contributed by atoms with E-state index in [0.29, 0.717) is 16.6 Å². The average Bonchev–Trinajstić information content (AvgIpc) is 2.42. The zero-order chi connectivity index (χ0) is 13.8. The fourth-order valence-corrected chi connectivity index (χ4v) is 2.83. The zero-order valence-electron chi connectivity index (χ0n) is 11.0. The van der Waals surface area contributed by atoms with Gasteiger partial charge in [0.1, 0.15) is 0 Å². The second-order valence-corrected chi connectivity index (χ2v) is 5.80. The Kier molecular flexibility index (Phi) is 5.08. The molecule has 0 aromatic heterocycles. The lowest BCUT2D eigenvalue weighted by Gasteiger charge is -2.27. The number of hydrogen-bond donors (Lipinski definition) is 1. The molecule has 0 spiro atoms. The van der Waals surface area contributed by atoms with Crippen molar-refractivity contribution < 1.29 is 4.79 Å². The highest BCUT2D eigenvalue weighted by Crippen LogP contribution is 2.23. The van der Waals surface area contributed by atoms with Crippen LogP contribution in [0.1, 0.15) is 18.4 Å². The summed E-state index contributed by atoms with van der Waals surface area (Å²) in [5.74, 6) is 0.338. The van der Waals surface area contributed by atoms with Gasteiger partial charge in [0.2, 0.25) is 5.91 Å². The van der Waals surface area contributed by atoms with Gasteiger partial charge in [-0.05, 0) is 43.6 Å². The predicted molar refractivity (Wildman–Crippen MR) is 78.5 cm³/mol. The van der Waals surface area contributed by atoms with Crippen LogP contribution in [-0.4, -0.2) is 30.9 Å². The first-order valence-corrected chi connectivity index (χ1v) is 7.23. The van der Waals surface area contributed by atoms with Crippen molar-refractivity contribution in [3.8, 4) is 0 Å². The van der Waals surface area contributed by atoms with E-state index in [1.54, 1.807) is 17.0 Å². The molecule has 5 heteroatoms. The molecule has 2 rings (SSSR count). The van der Waals surface area contributed by atoms with Crippen LogP contribution in [-0.2, 0) is 11.3 Å². The normalized spacial score (nSPS) is 16.4. The number of carbonyl (C=O) groups excluding carboxylic acids is 1. The molecule has 0 saturated carbocycles. The van der Waals surface area contributed by atoms with E-state index in [-0.39, 0.29) is 11.8 Å². The Morgan fingerprint density at radius 3 is 2.68 bits per heavy atom. The molecule has 1 aliphatic rings. The summed E-state index contributed by atoms with van der Waals surface area (Å²) in [6.45, 7) is 2.37. The Morgan fingerprint density at radius 2 is 2.05 bits per heavy atom. The van der Waals surface area contributed by atoms with Crippen LogP contribution in [0.3, 0.4) is 0 Å². The molecule has 0 unspecified atom stereocenters. The summed E-state index contributed by atoms with van der Waals surface area (Å²) in [6, 6.07) is 5.38. The van der Waals surface area contributed by atoms with E-state index in [0.717, 1.165) is 31.5 Å². The molecule has 1 heterocycles. The molecule has 104 valence electrons. The van der Waals surface area contributed by atoms with E-state index < -0.39 is 0 Å². The van der Waals surface area contributed by atoms with Crippen molar-refractivity contribution in [1.29, 1.82) is 0 Å². The molecule has 0 atom stereocenters. The summed E-state index contributed by atoms with van der Waals surface area (Å²) >= 11 is 12.0. The number of piperidine rings is 1. The van der Waals surface area contributed by atoms with E-state index in [9.17, 15) is 4.79 Å². The van der Waals surface area contributed by atoms with E-state index in [4.69, 9.17) is 23.2 Å². The van der Waals surface area contributed by atoms with Crippen molar-refractivity contribution in [3.05, 3.63) is 33.8 Å². The maximum Gasteiger partial charge on any atom is 0.225 e. The van der Waals surface area contributed by atoms with Gasteiger partial charge in [-0.25, -0.2) is 0 Å². The molecule has 1 aromatic rings. The lowest BCUT2D eigenvalue weighted by molar-refractivity contribution is -0.135. The van der Waals surface area contributed by atoms with Gasteiger partial charge in [0.15, 0.2) is 0 Å². The van der Waals surface area contributed by atoms with Crippen LogP contribution >= 0.6 is 23.2 Å². The maximum absolute atomic E-state index is 12.3. The fraction of sp³-hybridized carbons (Fsp3) is 0.500. The zero-order valence-corrected chi connectivity index (χ0v) is 12.5. The molecule has 1 amide bonds. The van der Waals surface area contributed by atoms with Crippen LogP contribution in [0.4, 0.5) is 0 Å². The monoisotopic (exact) mass is 300 g/mol. The first kappa shape index (κ1) is 14.6. The topological polar surface area (TPSA) is 32.3 Å². The second-order valence-electron chi connectivity index (χ2n) is 4.95. The van der Waals surface area contributed by atoms with Gasteiger partial charge in [-0.1, -0.05) is 29.3 Å². The molecule has 19 heavy (non-hydrogen) atoms. The number of rotatable bonds is 3. The van der Waals surface area contributed by atoms with Gasteiger partial charge >= 0.3 is 0 Å². The predicted octanol–water partition coefficient (Wildman–Crippen LogP) is 2.95. The number of hydrogen-bond acceptors (Lipinski definition) is 2. The number of benzene rings is 1. The summed E-state index contributed by atoms with van der Waals surface area (Å²) < 4.78 is 0. The highest BCUT2D eigenvalue weighted by atomic mass is 35.5. The largest absolute Gasteiger partial charge is 0.341 e. The van der Waals surface area contributed by atoms with Crippen molar-refractivity contribution in [2.24, 2.45) is 5.92 Å². The fourth-order valence-electron chi connectivity index (χ4n) is 2.36. The van der Waals surface area contributed by atoms with Gasteiger partial charge in [-0.2, -0.15) is 0 Å².